The molecule has 1 N–H and O–H groups in total. The van der Waals surface area contributed by atoms with Crippen molar-refractivity contribution in [2.45, 2.75) is 45.2 Å². The standard InChI is InChI=1S/C14H22BrClN2S/c1-11-5-2-3-7-18(11)8-4-6-17-10-12-9-13(15)14(16)19-12/h9,11,17H,2-8,10H2,1H3. The molecule has 1 aliphatic heterocycles. The topological polar surface area (TPSA) is 15.3 Å². The highest BCUT2D eigenvalue weighted by molar-refractivity contribution is 9.10. The Morgan fingerprint density at radius 1 is 1.53 bits per heavy atom. The van der Waals surface area contributed by atoms with Crippen LogP contribution >= 0.6 is 38.9 Å². The van der Waals surface area contributed by atoms with Crippen LogP contribution in [0.15, 0.2) is 10.5 Å². The first kappa shape index (κ1) is 15.8. The fourth-order valence-corrected chi connectivity index (χ4v) is 4.35. The van der Waals surface area contributed by atoms with Gasteiger partial charge in [0.15, 0.2) is 0 Å². The first-order valence-electron chi connectivity index (χ1n) is 7.05. The summed E-state index contributed by atoms with van der Waals surface area (Å²) in [4.78, 5) is 3.92. The lowest BCUT2D eigenvalue weighted by Gasteiger charge is -2.33. The van der Waals surface area contributed by atoms with Crippen molar-refractivity contribution in [3.8, 4) is 0 Å². The van der Waals surface area contributed by atoms with Crippen LogP contribution in [0.4, 0.5) is 0 Å². The molecule has 19 heavy (non-hydrogen) atoms. The van der Waals surface area contributed by atoms with Crippen molar-refractivity contribution in [3.05, 3.63) is 19.8 Å². The van der Waals surface area contributed by atoms with E-state index in [1.165, 1.54) is 43.6 Å². The third-order valence-electron chi connectivity index (χ3n) is 3.73. The average Bonchev–Trinajstić information content (AvgIpc) is 2.70. The summed E-state index contributed by atoms with van der Waals surface area (Å²) in [5, 5.41) is 3.50. The molecule has 2 nitrogen and oxygen atoms in total. The van der Waals surface area contributed by atoms with Crippen molar-refractivity contribution in [2.75, 3.05) is 19.6 Å². The second-order valence-electron chi connectivity index (χ2n) is 5.25. The molecule has 1 fully saturated rings. The summed E-state index contributed by atoms with van der Waals surface area (Å²) in [5.41, 5.74) is 0. The highest BCUT2D eigenvalue weighted by atomic mass is 79.9. The molecule has 0 amide bonds. The molecule has 2 heterocycles. The van der Waals surface area contributed by atoms with Gasteiger partial charge in [-0.05, 0) is 67.8 Å². The van der Waals surface area contributed by atoms with E-state index in [2.05, 4.69) is 39.1 Å². The van der Waals surface area contributed by atoms with E-state index in [1.807, 2.05) is 0 Å². The molecule has 1 saturated heterocycles. The molecular weight excluding hydrogens is 344 g/mol. The molecule has 1 aromatic heterocycles. The number of nitrogens with one attached hydrogen (secondary N) is 1. The fraction of sp³-hybridized carbons (Fsp3) is 0.714. The molecule has 0 aliphatic carbocycles. The van der Waals surface area contributed by atoms with Gasteiger partial charge >= 0.3 is 0 Å². The Kier molecular flexibility index (Phi) is 6.63. The molecule has 0 aromatic carbocycles. The Labute approximate surface area is 133 Å². The number of rotatable bonds is 6. The number of likely N-dealkylation sites (tertiary alicyclic amines) is 1. The van der Waals surface area contributed by atoms with E-state index in [0.29, 0.717) is 0 Å². The van der Waals surface area contributed by atoms with Gasteiger partial charge < -0.3 is 10.2 Å². The van der Waals surface area contributed by atoms with E-state index in [9.17, 15) is 0 Å². The zero-order valence-corrected chi connectivity index (χ0v) is 14.6. The number of halogens is 2. The highest BCUT2D eigenvalue weighted by Crippen LogP contribution is 2.31. The van der Waals surface area contributed by atoms with Crippen LogP contribution < -0.4 is 5.32 Å². The first-order chi connectivity index (χ1) is 9.16. The van der Waals surface area contributed by atoms with Gasteiger partial charge in [0.2, 0.25) is 0 Å². The van der Waals surface area contributed by atoms with Crippen molar-refractivity contribution < 1.29 is 0 Å². The Morgan fingerprint density at radius 2 is 2.37 bits per heavy atom. The largest absolute Gasteiger partial charge is 0.312 e. The van der Waals surface area contributed by atoms with Crippen LogP contribution in [-0.4, -0.2) is 30.6 Å². The molecule has 1 unspecified atom stereocenters. The van der Waals surface area contributed by atoms with Gasteiger partial charge in [-0.25, -0.2) is 0 Å². The van der Waals surface area contributed by atoms with Crippen LogP contribution in [0, 0.1) is 0 Å². The minimum Gasteiger partial charge on any atom is -0.312 e. The van der Waals surface area contributed by atoms with E-state index in [1.54, 1.807) is 11.3 Å². The second-order valence-corrected chi connectivity index (χ2v) is 7.84. The summed E-state index contributed by atoms with van der Waals surface area (Å²) in [7, 11) is 0. The molecule has 0 spiro atoms. The van der Waals surface area contributed by atoms with Crippen LogP contribution in [0.25, 0.3) is 0 Å². The predicted molar refractivity (Wildman–Crippen MR) is 88.2 cm³/mol. The Balaban J connectivity index is 1.59. The van der Waals surface area contributed by atoms with Crippen LogP contribution in [0.3, 0.4) is 0 Å². The molecule has 5 heteroatoms. The molecule has 0 saturated carbocycles. The zero-order valence-electron chi connectivity index (χ0n) is 11.4. The van der Waals surface area contributed by atoms with Gasteiger partial charge in [-0.1, -0.05) is 18.0 Å². The highest BCUT2D eigenvalue weighted by Gasteiger charge is 2.16. The number of hydrogen-bond acceptors (Lipinski definition) is 3. The van der Waals surface area contributed by atoms with Crippen LogP contribution in [0.2, 0.25) is 4.34 Å². The lowest BCUT2D eigenvalue weighted by Crippen LogP contribution is -2.38. The van der Waals surface area contributed by atoms with Crippen molar-refractivity contribution in [1.82, 2.24) is 10.2 Å². The summed E-state index contributed by atoms with van der Waals surface area (Å²) in [6.07, 6.45) is 5.38. The van der Waals surface area contributed by atoms with Crippen LogP contribution in [0.1, 0.15) is 37.5 Å². The SMILES string of the molecule is CC1CCCCN1CCCNCc1cc(Br)c(Cl)s1. The number of thiophene rings is 1. The fourth-order valence-electron chi connectivity index (χ4n) is 2.59. The van der Waals surface area contributed by atoms with Gasteiger partial charge in [0.1, 0.15) is 4.34 Å². The van der Waals surface area contributed by atoms with Crippen molar-refractivity contribution in [3.63, 3.8) is 0 Å². The monoisotopic (exact) mass is 364 g/mol. The molecule has 1 aliphatic rings. The van der Waals surface area contributed by atoms with E-state index >= 15 is 0 Å². The molecular formula is C14H22BrClN2S. The summed E-state index contributed by atoms with van der Waals surface area (Å²) in [6.45, 7) is 6.87. The third-order valence-corrected chi connectivity index (χ3v) is 6.21. The minimum atomic E-state index is 0.779. The minimum absolute atomic E-state index is 0.779. The average molecular weight is 366 g/mol. The van der Waals surface area contributed by atoms with Gasteiger partial charge in [-0.3, -0.25) is 0 Å². The maximum atomic E-state index is 6.02. The van der Waals surface area contributed by atoms with Gasteiger partial charge in [-0.2, -0.15) is 0 Å². The molecule has 108 valence electrons. The van der Waals surface area contributed by atoms with E-state index < -0.39 is 0 Å². The van der Waals surface area contributed by atoms with Crippen LogP contribution in [0.5, 0.6) is 0 Å². The van der Waals surface area contributed by atoms with Gasteiger partial charge in [0.05, 0.1) is 0 Å². The van der Waals surface area contributed by atoms with Gasteiger partial charge in [0, 0.05) is 21.9 Å². The number of nitrogens with zero attached hydrogens (tertiary/aromatic N) is 1. The normalized spacial score (nSPS) is 20.9. The van der Waals surface area contributed by atoms with Crippen molar-refractivity contribution in [2.24, 2.45) is 0 Å². The lowest BCUT2D eigenvalue weighted by molar-refractivity contribution is 0.159. The summed E-state index contributed by atoms with van der Waals surface area (Å²) >= 11 is 11.1. The Morgan fingerprint density at radius 3 is 3.05 bits per heavy atom. The van der Waals surface area contributed by atoms with E-state index in [4.69, 9.17) is 11.6 Å². The summed E-state index contributed by atoms with van der Waals surface area (Å²) in [5.74, 6) is 0. The van der Waals surface area contributed by atoms with Crippen molar-refractivity contribution in [1.29, 1.82) is 0 Å². The summed E-state index contributed by atoms with van der Waals surface area (Å²) in [6, 6.07) is 2.88. The summed E-state index contributed by atoms with van der Waals surface area (Å²) < 4.78 is 1.86. The van der Waals surface area contributed by atoms with Gasteiger partial charge in [0.25, 0.3) is 0 Å². The molecule has 0 bridgehead atoms. The van der Waals surface area contributed by atoms with E-state index in [0.717, 1.165) is 27.9 Å². The molecule has 1 atom stereocenters. The molecule has 2 rings (SSSR count). The predicted octanol–water partition coefficient (Wildman–Crippen LogP) is 4.52. The Bertz CT molecular complexity index is 377. The van der Waals surface area contributed by atoms with Crippen molar-refractivity contribution >= 4 is 38.9 Å². The zero-order chi connectivity index (χ0) is 13.7. The molecule has 0 radical (unpaired) electrons. The maximum Gasteiger partial charge on any atom is 0.107 e. The molecule has 1 aromatic rings. The first-order valence-corrected chi connectivity index (χ1v) is 9.04. The van der Waals surface area contributed by atoms with Crippen LogP contribution in [-0.2, 0) is 6.54 Å². The quantitative estimate of drug-likeness (QED) is 0.746. The van der Waals surface area contributed by atoms with E-state index in [-0.39, 0.29) is 0 Å². The number of hydrogen-bond donors (Lipinski definition) is 1. The lowest BCUT2D eigenvalue weighted by atomic mass is 10.0. The third kappa shape index (κ3) is 5.01. The maximum absolute atomic E-state index is 6.02. The second kappa shape index (κ2) is 7.99. The van der Waals surface area contributed by atoms with Gasteiger partial charge in [-0.15, -0.1) is 11.3 Å². The Hall–Kier alpha value is 0.390. The number of piperidine rings is 1. The smallest absolute Gasteiger partial charge is 0.107 e.